The maximum atomic E-state index is 13.0. The number of cyclic esters (lactones) is 1. The molecule has 0 aromatic carbocycles. The van der Waals surface area contributed by atoms with Gasteiger partial charge < -0.3 is 33.5 Å². The molecule has 4 fully saturated rings. The lowest BCUT2D eigenvalue weighted by Gasteiger charge is -2.58. The highest BCUT2D eigenvalue weighted by Gasteiger charge is 2.85. The number of ether oxygens (including phenoxy) is 6. The van der Waals surface area contributed by atoms with E-state index < -0.39 is 59.1 Å². The third kappa shape index (κ3) is 3.78. The van der Waals surface area contributed by atoms with Gasteiger partial charge in [0.2, 0.25) is 0 Å². The zero-order valence-electron chi connectivity index (χ0n) is 22.3. The van der Waals surface area contributed by atoms with Crippen LogP contribution in [0.4, 0.5) is 0 Å². The van der Waals surface area contributed by atoms with Crippen molar-refractivity contribution in [2.45, 2.75) is 95.5 Å². The number of hydrogen-bond donors (Lipinski definition) is 1. The molecule has 6 aliphatic rings. The molecular formula is C29H36O9. The fourth-order valence-corrected chi connectivity index (χ4v) is 7.36. The molecule has 10 atom stereocenters. The first-order valence-electron chi connectivity index (χ1n) is 13.4. The van der Waals surface area contributed by atoms with Crippen molar-refractivity contribution in [3.8, 4) is 0 Å². The molecule has 0 radical (unpaired) electrons. The molecule has 1 saturated carbocycles. The molecule has 206 valence electrons. The molecule has 9 heteroatoms. The monoisotopic (exact) mass is 528 g/mol. The number of aliphatic hydroxyl groups is 1. The summed E-state index contributed by atoms with van der Waals surface area (Å²) in [4.78, 5) is 26.0. The van der Waals surface area contributed by atoms with Gasteiger partial charge in [-0.15, -0.1) is 0 Å². The molecule has 0 aromatic rings. The van der Waals surface area contributed by atoms with E-state index in [0.717, 1.165) is 12.0 Å². The normalized spacial score (nSPS) is 49.8. The number of hydrogen-bond acceptors (Lipinski definition) is 9. The van der Waals surface area contributed by atoms with E-state index in [1.54, 1.807) is 12.2 Å². The van der Waals surface area contributed by atoms with Gasteiger partial charge in [-0.05, 0) is 33.6 Å². The van der Waals surface area contributed by atoms with Crippen molar-refractivity contribution < 1.29 is 43.1 Å². The zero-order valence-corrected chi connectivity index (χ0v) is 22.3. The average molecular weight is 529 g/mol. The first-order chi connectivity index (χ1) is 18.1. The Labute approximate surface area is 222 Å². The highest BCUT2D eigenvalue weighted by Crippen LogP contribution is 2.72. The summed E-state index contributed by atoms with van der Waals surface area (Å²) in [5.41, 5.74) is -0.499. The summed E-state index contributed by atoms with van der Waals surface area (Å²) in [5.74, 6) is -1.05. The number of aliphatic hydroxyl groups excluding tert-OH is 1. The molecule has 1 N–H and O–H groups in total. The summed E-state index contributed by atoms with van der Waals surface area (Å²) in [6.45, 7) is 8.21. The Kier molecular flexibility index (Phi) is 6.23. The van der Waals surface area contributed by atoms with Gasteiger partial charge in [0.15, 0.2) is 6.29 Å². The first-order valence-corrected chi connectivity index (χ1v) is 13.4. The van der Waals surface area contributed by atoms with Crippen molar-refractivity contribution in [1.29, 1.82) is 0 Å². The van der Waals surface area contributed by atoms with Crippen LogP contribution in [0.3, 0.4) is 0 Å². The summed E-state index contributed by atoms with van der Waals surface area (Å²) >= 11 is 0. The Balaban J connectivity index is 1.40. The zero-order chi connectivity index (χ0) is 26.9. The standard InChI is InChI=1S/C29H36O9/c1-16-9-10-28-14-33-22(31)12-17(2)13-23-35-18(3)19(36-23)7-5-6-8-21(30)38-25-24(32)26(37-20(28)11-16)29(15-34-29)27(25,28)4/h5-8,11-12,18-20,23-26,32H,9-10,13-15H2,1-4H3/b7-5?,8-6?,17-12+/t18-,19-,20+,23+,24+,25+,26+,27+,28+,29-/m0/s1. The predicted molar refractivity (Wildman–Crippen MR) is 134 cm³/mol. The van der Waals surface area contributed by atoms with Crippen LogP contribution in [0.15, 0.2) is 47.6 Å². The lowest BCUT2D eigenvalue weighted by atomic mass is 9.51. The molecule has 6 rings (SSSR count). The van der Waals surface area contributed by atoms with E-state index in [9.17, 15) is 14.7 Å². The van der Waals surface area contributed by atoms with Gasteiger partial charge in [-0.2, -0.15) is 0 Å². The quantitative estimate of drug-likeness (QED) is 0.288. The van der Waals surface area contributed by atoms with Crippen LogP contribution in [0.25, 0.3) is 0 Å². The Bertz CT molecular complexity index is 1130. The van der Waals surface area contributed by atoms with Gasteiger partial charge in [0.1, 0.15) is 36.6 Å². The van der Waals surface area contributed by atoms with E-state index in [-0.39, 0.29) is 18.8 Å². The molecule has 0 aromatic heterocycles. The Morgan fingerprint density at radius 3 is 2.55 bits per heavy atom. The van der Waals surface area contributed by atoms with Crippen molar-refractivity contribution >= 4 is 11.9 Å². The number of fused-ring (bicyclic) bond motifs is 2. The van der Waals surface area contributed by atoms with Crippen LogP contribution in [-0.4, -0.2) is 78.8 Å². The highest BCUT2D eigenvalue weighted by molar-refractivity contribution is 5.83. The number of epoxide rings is 1. The minimum atomic E-state index is -1.09. The second-order valence-electron chi connectivity index (χ2n) is 11.8. The van der Waals surface area contributed by atoms with Crippen LogP contribution < -0.4 is 0 Å². The third-order valence-corrected chi connectivity index (χ3v) is 9.61. The van der Waals surface area contributed by atoms with E-state index in [1.165, 1.54) is 17.7 Å². The van der Waals surface area contributed by atoms with Gasteiger partial charge >= 0.3 is 11.9 Å². The van der Waals surface area contributed by atoms with E-state index in [0.29, 0.717) is 19.4 Å². The molecule has 2 spiro atoms. The first kappa shape index (κ1) is 26.0. The fourth-order valence-electron chi connectivity index (χ4n) is 7.36. The van der Waals surface area contributed by atoms with Gasteiger partial charge in [0.25, 0.3) is 0 Å². The number of carbonyl (C=O) groups excluding carboxylic acids is 2. The Morgan fingerprint density at radius 2 is 1.79 bits per heavy atom. The van der Waals surface area contributed by atoms with Crippen LogP contribution >= 0.6 is 0 Å². The maximum Gasteiger partial charge on any atom is 0.331 e. The molecule has 0 unspecified atom stereocenters. The third-order valence-electron chi connectivity index (χ3n) is 9.61. The van der Waals surface area contributed by atoms with Crippen LogP contribution in [-0.2, 0) is 38.0 Å². The van der Waals surface area contributed by atoms with E-state index in [1.807, 2.05) is 33.8 Å². The molecule has 2 aliphatic carbocycles. The molecule has 3 saturated heterocycles. The second kappa shape index (κ2) is 9.13. The maximum absolute atomic E-state index is 13.0. The largest absolute Gasteiger partial charge is 0.462 e. The number of allylic oxidation sites excluding steroid dienone is 3. The topological polar surface area (TPSA) is 113 Å². The summed E-state index contributed by atoms with van der Waals surface area (Å²) in [6, 6.07) is 0. The van der Waals surface area contributed by atoms with E-state index in [4.69, 9.17) is 28.4 Å². The Morgan fingerprint density at radius 1 is 1.00 bits per heavy atom. The Hall–Kier alpha value is -2.30. The average Bonchev–Trinajstić information content (AvgIpc) is 3.57. The minimum Gasteiger partial charge on any atom is -0.462 e. The summed E-state index contributed by atoms with van der Waals surface area (Å²) < 4.78 is 36.3. The second-order valence-corrected chi connectivity index (χ2v) is 11.8. The van der Waals surface area contributed by atoms with Gasteiger partial charge in [-0.25, -0.2) is 9.59 Å². The summed E-state index contributed by atoms with van der Waals surface area (Å²) in [7, 11) is 0. The van der Waals surface area contributed by atoms with Gasteiger partial charge in [0, 0.05) is 24.0 Å². The molecule has 4 heterocycles. The summed E-state index contributed by atoms with van der Waals surface area (Å²) in [5, 5.41) is 11.4. The summed E-state index contributed by atoms with van der Waals surface area (Å²) in [6.07, 6.45) is 7.78. The van der Waals surface area contributed by atoms with E-state index >= 15 is 0 Å². The molecule has 4 bridgehead atoms. The highest BCUT2D eigenvalue weighted by atomic mass is 16.7. The van der Waals surface area contributed by atoms with Crippen LogP contribution in [0.2, 0.25) is 0 Å². The van der Waals surface area contributed by atoms with E-state index in [2.05, 4.69) is 6.08 Å². The fraction of sp³-hybridized carbons (Fsp3) is 0.655. The van der Waals surface area contributed by atoms with Crippen molar-refractivity contribution in [3.63, 3.8) is 0 Å². The number of esters is 2. The predicted octanol–water partition coefficient (Wildman–Crippen LogP) is 2.68. The smallest absolute Gasteiger partial charge is 0.331 e. The van der Waals surface area contributed by atoms with Gasteiger partial charge in [0.05, 0.1) is 24.2 Å². The number of rotatable bonds is 0. The van der Waals surface area contributed by atoms with Crippen LogP contribution in [0.1, 0.15) is 47.0 Å². The van der Waals surface area contributed by atoms with Crippen molar-refractivity contribution in [2.24, 2.45) is 10.8 Å². The number of carbonyl (C=O) groups is 2. The van der Waals surface area contributed by atoms with Crippen LogP contribution in [0.5, 0.6) is 0 Å². The van der Waals surface area contributed by atoms with Crippen LogP contribution in [0, 0.1) is 10.8 Å². The molecular weight excluding hydrogens is 492 g/mol. The molecule has 4 aliphatic heterocycles. The molecule has 9 nitrogen and oxygen atoms in total. The lowest BCUT2D eigenvalue weighted by Crippen LogP contribution is -2.66. The van der Waals surface area contributed by atoms with Gasteiger partial charge in [-0.3, -0.25) is 0 Å². The molecule has 0 amide bonds. The molecule has 38 heavy (non-hydrogen) atoms. The van der Waals surface area contributed by atoms with Crippen molar-refractivity contribution in [1.82, 2.24) is 0 Å². The minimum absolute atomic E-state index is 0.0350. The van der Waals surface area contributed by atoms with Crippen molar-refractivity contribution in [3.05, 3.63) is 47.6 Å². The lowest BCUT2D eigenvalue weighted by molar-refractivity contribution is -0.232. The van der Waals surface area contributed by atoms with Gasteiger partial charge in [-0.1, -0.05) is 42.4 Å². The SMILES string of the molecule is CC1=C[C@H]2O[C@@H]3[C@H](O)[C@H]4OC(=O)C=CC=C[C@@H]5O[C@H](C/C(C)=C/C(=O)OC[C@@]2(CC1)[C@]4(C)[C@]31CO1)O[C@H]5C. The van der Waals surface area contributed by atoms with Crippen molar-refractivity contribution in [2.75, 3.05) is 13.2 Å².